The molecule has 0 bridgehead atoms. The van der Waals surface area contributed by atoms with E-state index in [0.29, 0.717) is 11.6 Å². The van der Waals surface area contributed by atoms with Gasteiger partial charge in [0.2, 0.25) is 10.0 Å². The minimum absolute atomic E-state index is 0.113. The van der Waals surface area contributed by atoms with Gasteiger partial charge in [-0.1, -0.05) is 23.7 Å². The Bertz CT molecular complexity index is 1420. The summed E-state index contributed by atoms with van der Waals surface area (Å²) in [6.07, 6.45) is 4.50. The van der Waals surface area contributed by atoms with Crippen molar-refractivity contribution >= 4 is 43.3 Å². The van der Waals surface area contributed by atoms with Crippen molar-refractivity contribution in [3.63, 3.8) is 0 Å². The molecule has 0 amide bonds. The summed E-state index contributed by atoms with van der Waals surface area (Å²) in [6.45, 7) is 2.41. The van der Waals surface area contributed by atoms with Gasteiger partial charge < -0.3 is 9.88 Å². The zero-order valence-electron chi connectivity index (χ0n) is 18.0. The van der Waals surface area contributed by atoms with Crippen molar-refractivity contribution in [3.05, 3.63) is 77.2 Å². The first-order valence-electron chi connectivity index (χ1n) is 11.1. The molecule has 3 aromatic carbocycles. The van der Waals surface area contributed by atoms with Crippen LogP contribution in [0.25, 0.3) is 21.7 Å². The number of nitrogens with zero attached hydrogens (tertiary/aromatic N) is 1. The third-order valence-electron chi connectivity index (χ3n) is 6.33. The number of hydrogen-bond acceptors (Lipinski definition) is 3. The molecule has 1 aromatic heterocycles. The smallest absolute Gasteiger partial charge is 0.240 e. The SMILES string of the molecule is O=S(=O)(NC1CCN(CCCc2c[nH]c3ccc(F)cc23)C1)c1ccc2cc(Cl)ccc2c1. The molecule has 1 atom stereocenters. The number of halogens is 2. The van der Waals surface area contributed by atoms with E-state index in [9.17, 15) is 12.8 Å². The summed E-state index contributed by atoms with van der Waals surface area (Å²) in [7, 11) is -3.60. The molecule has 33 heavy (non-hydrogen) atoms. The molecule has 1 unspecified atom stereocenters. The number of aromatic amines is 1. The van der Waals surface area contributed by atoms with Crippen LogP contribution < -0.4 is 4.72 Å². The number of hydrogen-bond donors (Lipinski definition) is 2. The summed E-state index contributed by atoms with van der Waals surface area (Å²) in [5, 5.41) is 3.30. The Morgan fingerprint density at radius 2 is 1.91 bits per heavy atom. The van der Waals surface area contributed by atoms with Crippen molar-refractivity contribution < 1.29 is 12.8 Å². The first-order valence-corrected chi connectivity index (χ1v) is 12.9. The summed E-state index contributed by atoms with van der Waals surface area (Å²) in [4.78, 5) is 5.74. The van der Waals surface area contributed by atoms with Crippen LogP contribution in [0.2, 0.25) is 5.02 Å². The second-order valence-corrected chi connectivity index (χ2v) is 10.8. The summed E-state index contributed by atoms with van der Waals surface area (Å²) >= 11 is 6.02. The standard InChI is InChI=1S/C25H25ClFN3O2S/c26-20-5-3-18-13-23(7-4-17(18)12-20)33(31,32)29-22-9-11-30(16-22)10-1-2-19-15-28-25-8-6-21(27)14-24(19)25/h3-8,12-15,22,28-29H,1-2,9-11,16H2. The van der Waals surface area contributed by atoms with Gasteiger partial charge in [-0.15, -0.1) is 0 Å². The molecule has 0 aliphatic carbocycles. The topological polar surface area (TPSA) is 65.2 Å². The van der Waals surface area contributed by atoms with Gasteiger partial charge in [0.15, 0.2) is 0 Å². The first kappa shape index (κ1) is 22.3. The molecule has 0 saturated carbocycles. The van der Waals surface area contributed by atoms with Gasteiger partial charge in [0.05, 0.1) is 4.90 Å². The van der Waals surface area contributed by atoms with E-state index in [4.69, 9.17) is 11.6 Å². The summed E-state index contributed by atoms with van der Waals surface area (Å²) < 4.78 is 42.3. The fourth-order valence-corrected chi connectivity index (χ4v) is 6.11. The minimum atomic E-state index is -3.60. The molecule has 2 N–H and O–H groups in total. The highest BCUT2D eigenvalue weighted by atomic mass is 35.5. The number of aryl methyl sites for hydroxylation is 1. The summed E-state index contributed by atoms with van der Waals surface area (Å²) in [5.74, 6) is -0.228. The third kappa shape index (κ3) is 4.92. The maximum Gasteiger partial charge on any atom is 0.240 e. The molecule has 1 fully saturated rings. The molecule has 0 radical (unpaired) electrons. The lowest BCUT2D eigenvalue weighted by Gasteiger charge is -2.17. The Morgan fingerprint density at radius 1 is 1.09 bits per heavy atom. The highest BCUT2D eigenvalue weighted by Crippen LogP contribution is 2.24. The fourth-order valence-electron chi connectivity index (χ4n) is 4.63. The molecular formula is C25H25ClFN3O2S. The van der Waals surface area contributed by atoms with E-state index in [0.717, 1.165) is 59.6 Å². The molecule has 5 nitrogen and oxygen atoms in total. The van der Waals surface area contributed by atoms with Gasteiger partial charge in [0.1, 0.15) is 5.82 Å². The molecule has 1 aliphatic heterocycles. The van der Waals surface area contributed by atoms with Gasteiger partial charge in [-0.25, -0.2) is 17.5 Å². The van der Waals surface area contributed by atoms with Crippen LogP contribution in [-0.4, -0.2) is 44.0 Å². The quantitative estimate of drug-likeness (QED) is 0.383. The highest BCUT2D eigenvalue weighted by Gasteiger charge is 2.27. The van der Waals surface area contributed by atoms with Crippen LogP contribution in [0, 0.1) is 5.82 Å². The zero-order valence-corrected chi connectivity index (χ0v) is 19.6. The Labute approximate surface area is 197 Å². The van der Waals surface area contributed by atoms with Crippen molar-refractivity contribution in [1.82, 2.24) is 14.6 Å². The molecule has 1 saturated heterocycles. The zero-order chi connectivity index (χ0) is 23.0. The Hall–Kier alpha value is -2.45. The van der Waals surface area contributed by atoms with Gasteiger partial charge in [-0.05, 0) is 91.2 Å². The molecule has 2 heterocycles. The molecule has 8 heteroatoms. The lowest BCUT2D eigenvalue weighted by atomic mass is 10.1. The van der Waals surface area contributed by atoms with Gasteiger partial charge in [0.25, 0.3) is 0 Å². The molecule has 172 valence electrons. The number of benzene rings is 3. The Kier molecular flexibility index (Phi) is 6.14. The van der Waals surface area contributed by atoms with Crippen LogP contribution in [-0.2, 0) is 16.4 Å². The molecule has 4 aromatic rings. The number of H-pyrrole nitrogens is 1. The van der Waals surface area contributed by atoms with Crippen molar-refractivity contribution in [3.8, 4) is 0 Å². The summed E-state index contributed by atoms with van der Waals surface area (Å²) in [6, 6.07) is 15.2. The van der Waals surface area contributed by atoms with Crippen LogP contribution >= 0.6 is 11.6 Å². The van der Waals surface area contributed by atoms with Gasteiger partial charge in [-0.2, -0.15) is 0 Å². The van der Waals surface area contributed by atoms with Crippen molar-refractivity contribution in [1.29, 1.82) is 0 Å². The molecule has 0 spiro atoms. The average Bonchev–Trinajstić information content (AvgIpc) is 3.39. The van der Waals surface area contributed by atoms with Crippen LogP contribution in [0.5, 0.6) is 0 Å². The van der Waals surface area contributed by atoms with Gasteiger partial charge >= 0.3 is 0 Å². The number of nitrogens with one attached hydrogen (secondary N) is 2. The predicted octanol–water partition coefficient (Wildman–Crippen LogP) is 5.10. The van der Waals surface area contributed by atoms with Gasteiger partial charge in [0, 0.05) is 34.7 Å². The van der Waals surface area contributed by atoms with Crippen molar-refractivity contribution in [2.45, 2.75) is 30.2 Å². The highest BCUT2D eigenvalue weighted by molar-refractivity contribution is 7.89. The number of rotatable bonds is 7. The van der Waals surface area contributed by atoms with Crippen molar-refractivity contribution in [2.75, 3.05) is 19.6 Å². The fraction of sp³-hybridized carbons (Fsp3) is 0.280. The minimum Gasteiger partial charge on any atom is -0.361 e. The molecular weight excluding hydrogens is 461 g/mol. The number of sulfonamides is 1. The monoisotopic (exact) mass is 485 g/mol. The Morgan fingerprint density at radius 3 is 2.79 bits per heavy atom. The number of likely N-dealkylation sites (tertiary alicyclic amines) is 1. The number of fused-ring (bicyclic) bond motifs is 2. The first-order chi connectivity index (χ1) is 15.9. The van der Waals surface area contributed by atoms with Crippen LogP contribution in [0.1, 0.15) is 18.4 Å². The maximum atomic E-state index is 13.6. The maximum absolute atomic E-state index is 13.6. The lowest BCUT2D eigenvalue weighted by Crippen LogP contribution is -2.37. The summed E-state index contributed by atoms with van der Waals surface area (Å²) in [5.41, 5.74) is 2.05. The number of aromatic nitrogens is 1. The van der Waals surface area contributed by atoms with Gasteiger partial charge in [-0.3, -0.25) is 0 Å². The van der Waals surface area contributed by atoms with Crippen LogP contribution in [0.3, 0.4) is 0 Å². The predicted molar refractivity (Wildman–Crippen MR) is 131 cm³/mol. The molecule has 1 aliphatic rings. The van der Waals surface area contributed by atoms with Crippen LogP contribution in [0.15, 0.2) is 65.7 Å². The average molecular weight is 486 g/mol. The van der Waals surface area contributed by atoms with Crippen LogP contribution in [0.4, 0.5) is 4.39 Å². The van der Waals surface area contributed by atoms with Crippen molar-refractivity contribution in [2.24, 2.45) is 0 Å². The van der Waals surface area contributed by atoms with E-state index in [-0.39, 0.29) is 16.8 Å². The van der Waals surface area contributed by atoms with E-state index >= 15 is 0 Å². The Balaban J connectivity index is 1.17. The van der Waals surface area contributed by atoms with E-state index in [2.05, 4.69) is 14.6 Å². The normalized spacial score (nSPS) is 17.3. The van der Waals surface area contributed by atoms with E-state index in [1.54, 1.807) is 36.4 Å². The van der Waals surface area contributed by atoms with E-state index in [1.807, 2.05) is 18.3 Å². The lowest BCUT2D eigenvalue weighted by molar-refractivity contribution is 0.327. The van der Waals surface area contributed by atoms with E-state index < -0.39 is 10.0 Å². The second kappa shape index (κ2) is 9.06. The largest absolute Gasteiger partial charge is 0.361 e. The second-order valence-electron chi connectivity index (χ2n) is 8.67. The third-order valence-corrected chi connectivity index (χ3v) is 8.08. The molecule has 5 rings (SSSR count). The van der Waals surface area contributed by atoms with E-state index in [1.165, 1.54) is 6.07 Å².